The summed E-state index contributed by atoms with van der Waals surface area (Å²) in [6.07, 6.45) is 0.892. The Morgan fingerprint density at radius 3 is 2.42 bits per heavy atom. The van der Waals surface area contributed by atoms with Crippen molar-refractivity contribution in [2.45, 2.75) is 31.2 Å². The summed E-state index contributed by atoms with van der Waals surface area (Å²) in [5.74, 6) is 0.520. The molecule has 2 rings (SSSR count). The van der Waals surface area contributed by atoms with Crippen molar-refractivity contribution in [3.8, 4) is 5.75 Å². The Balaban J connectivity index is 2.17. The van der Waals surface area contributed by atoms with Crippen LogP contribution >= 0.6 is 0 Å². The van der Waals surface area contributed by atoms with Crippen molar-refractivity contribution < 1.29 is 17.9 Å². The van der Waals surface area contributed by atoms with Crippen LogP contribution in [0.15, 0.2) is 53.4 Å². The van der Waals surface area contributed by atoms with Crippen molar-refractivity contribution in [2.75, 3.05) is 13.7 Å². The van der Waals surface area contributed by atoms with E-state index in [4.69, 9.17) is 9.88 Å². The van der Waals surface area contributed by atoms with E-state index in [0.717, 1.165) is 12.0 Å². The molecule has 1 unspecified atom stereocenters. The van der Waals surface area contributed by atoms with Crippen molar-refractivity contribution in [1.29, 1.82) is 0 Å². The molecule has 0 saturated carbocycles. The number of primary sulfonamides is 1. The van der Waals surface area contributed by atoms with Gasteiger partial charge in [-0.15, -0.1) is 0 Å². The van der Waals surface area contributed by atoms with Crippen LogP contribution < -0.4 is 9.88 Å². The lowest BCUT2D eigenvalue weighted by Gasteiger charge is -2.25. The third kappa shape index (κ3) is 4.83. The molecule has 0 saturated heterocycles. The van der Waals surface area contributed by atoms with E-state index < -0.39 is 10.0 Å². The van der Waals surface area contributed by atoms with Crippen LogP contribution in [0.25, 0.3) is 0 Å². The molecule has 7 heteroatoms. The minimum Gasteiger partial charge on any atom is -0.494 e. The predicted octanol–water partition coefficient (Wildman–Crippen LogP) is 2.96. The van der Waals surface area contributed by atoms with Gasteiger partial charge in [-0.2, -0.15) is 0 Å². The maximum Gasteiger partial charge on any atom is 0.254 e. The maximum atomic E-state index is 12.8. The molecule has 2 aromatic carbocycles. The number of amides is 1. The zero-order valence-corrected chi connectivity index (χ0v) is 16.0. The molecule has 1 amide bonds. The summed E-state index contributed by atoms with van der Waals surface area (Å²) in [4.78, 5) is 14.4. The minimum atomic E-state index is -3.73. The summed E-state index contributed by atoms with van der Waals surface area (Å²) in [5, 5.41) is 5.11. The molecule has 0 spiro atoms. The highest BCUT2D eigenvalue weighted by molar-refractivity contribution is 7.89. The van der Waals surface area contributed by atoms with E-state index in [1.807, 2.05) is 19.9 Å². The fourth-order valence-corrected chi connectivity index (χ4v) is 2.99. The Bertz CT molecular complexity index is 863. The number of nitrogens with zero attached hydrogens (tertiary/aromatic N) is 1. The van der Waals surface area contributed by atoms with Gasteiger partial charge in [0.2, 0.25) is 10.0 Å². The molecule has 140 valence electrons. The fraction of sp³-hybridized carbons (Fsp3) is 0.316. The van der Waals surface area contributed by atoms with Crippen molar-refractivity contribution in [3.05, 3.63) is 59.7 Å². The van der Waals surface area contributed by atoms with E-state index in [2.05, 4.69) is 0 Å². The molecule has 0 bridgehead atoms. The lowest BCUT2D eigenvalue weighted by molar-refractivity contribution is 0.0742. The van der Waals surface area contributed by atoms with E-state index >= 15 is 0 Å². The van der Waals surface area contributed by atoms with Crippen LogP contribution in [-0.2, 0) is 10.0 Å². The first-order valence-corrected chi connectivity index (χ1v) is 9.91. The monoisotopic (exact) mass is 376 g/mol. The van der Waals surface area contributed by atoms with Gasteiger partial charge < -0.3 is 9.64 Å². The van der Waals surface area contributed by atoms with Crippen LogP contribution in [-0.4, -0.2) is 32.9 Å². The Morgan fingerprint density at radius 1 is 1.19 bits per heavy atom. The molecular weight excluding hydrogens is 352 g/mol. The number of nitrogens with two attached hydrogens (primary N) is 1. The SMILES string of the molecule is CCCOc1cccc(C(=O)N(C)C(C)c2ccc(S(N)(=O)=O)cc2)c1. The summed E-state index contributed by atoms with van der Waals surface area (Å²) in [6, 6.07) is 13.1. The molecule has 0 aliphatic heterocycles. The lowest BCUT2D eigenvalue weighted by Crippen LogP contribution is -2.29. The van der Waals surface area contributed by atoms with Gasteiger partial charge in [-0.05, 0) is 49.2 Å². The van der Waals surface area contributed by atoms with Gasteiger partial charge in [0.1, 0.15) is 5.75 Å². The molecule has 0 fully saturated rings. The summed E-state index contributed by atoms with van der Waals surface area (Å²) < 4.78 is 28.3. The summed E-state index contributed by atoms with van der Waals surface area (Å²) in [7, 11) is -2.02. The zero-order chi connectivity index (χ0) is 19.3. The average molecular weight is 376 g/mol. The molecular formula is C19H24N2O4S. The normalized spacial score (nSPS) is 12.5. The predicted molar refractivity (Wildman–Crippen MR) is 101 cm³/mol. The van der Waals surface area contributed by atoms with Crippen molar-refractivity contribution >= 4 is 15.9 Å². The Morgan fingerprint density at radius 2 is 1.85 bits per heavy atom. The number of carbonyl (C=O) groups is 1. The smallest absolute Gasteiger partial charge is 0.254 e. The van der Waals surface area contributed by atoms with E-state index in [1.54, 1.807) is 42.3 Å². The number of carbonyl (C=O) groups excluding carboxylic acids is 1. The first-order valence-electron chi connectivity index (χ1n) is 8.36. The van der Waals surface area contributed by atoms with Crippen LogP contribution in [0, 0.1) is 0 Å². The van der Waals surface area contributed by atoms with Crippen molar-refractivity contribution in [3.63, 3.8) is 0 Å². The molecule has 2 N–H and O–H groups in total. The maximum absolute atomic E-state index is 12.8. The van der Waals surface area contributed by atoms with Gasteiger partial charge in [-0.3, -0.25) is 4.79 Å². The van der Waals surface area contributed by atoms with E-state index in [-0.39, 0.29) is 16.8 Å². The number of ether oxygens (including phenoxy) is 1. The van der Waals surface area contributed by atoms with Gasteiger partial charge in [0.15, 0.2) is 0 Å². The topological polar surface area (TPSA) is 89.7 Å². The Kier molecular flexibility index (Phi) is 6.39. The Hall–Kier alpha value is -2.38. The zero-order valence-electron chi connectivity index (χ0n) is 15.2. The van der Waals surface area contributed by atoms with Crippen LogP contribution in [0.3, 0.4) is 0 Å². The highest BCUT2D eigenvalue weighted by atomic mass is 32.2. The quantitative estimate of drug-likeness (QED) is 0.804. The highest BCUT2D eigenvalue weighted by Gasteiger charge is 2.20. The Labute approximate surface area is 154 Å². The van der Waals surface area contributed by atoms with Crippen LogP contribution in [0.2, 0.25) is 0 Å². The molecule has 0 heterocycles. The third-order valence-electron chi connectivity index (χ3n) is 4.15. The van der Waals surface area contributed by atoms with Gasteiger partial charge in [0, 0.05) is 12.6 Å². The number of hydrogen-bond donors (Lipinski definition) is 1. The second-order valence-electron chi connectivity index (χ2n) is 6.08. The number of benzene rings is 2. The summed E-state index contributed by atoms with van der Waals surface area (Å²) in [6.45, 7) is 4.49. The molecule has 6 nitrogen and oxygen atoms in total. The van der Waals surface area contributed by atoms with E-state index in [1.165, 1.54) is 12.1 Å². The fourth-order valence-electron chi connectivity index (χ4n) is 2.48. The first-order chi connectivity index (χ1) is 12.2. The third-order valence-corrected chi connectivity index (χ3v) is 5.08. The molecule has 2 aromatic rings. The van der Waals surface area contributed by atoms with Gasteiger partial charge in [0.05, 0.1) is 17.5 Å². The summed E-state index contributed by atoms with van der Waals surface area (Å²) >= 11 is 0. The van der Waals surface area contributed by atoms with E-state index in [9.17, 15) is 13.2 Å². The van der Waals surface area contributed by atoms with Crippen LogP contribution in [0.5, 0.6) is 5.75 Å². The molecule has 26 heavy (non-hydrogen) atoms. The molecule has 0 aromatic heterocycles. The van der Waals surface area contributed by atoms with Gasteiger partial charge in [-0.1, -0.05) is 25.1 Å². The first kappa shape index (κ1) is 19.9. The number of sulfonamides is 1. The molecule has 0 aliphatic rings. The van der Waals surface area contributed by atoms with Crippen molar-refractivity contribution in [2.24, 2.45) is 5.14 Å². The molecule has 0 radical (unpaired) electrons. The lowest BCUT2D eigenvalue weighted by atomic mass is 10.1. The van der Waals surface area contributed by atoms with Gasteiger partial charge in [0.25, 0.3) is 5.91 Å². The largest absolute Gasteiger partial charge is 0.494 e. The molecule has 1 atom stereocenters. The van der Waals surface area contributed by atoms with Crippen LogP contribution in [0.4, 0.5) is 0 Å². The number of hydrogen-bond acceptors (Lipinski definition) is 4. The summed E-state index contributed by atoms with van der Waals surface area (Å²) in [5.41, 5.74) is 1.35. The average Bonchev–Trinajstić information content (AvgIpc) is 2.64. The van der Waals surface area contributed by atoms with E-state index in [0.29, 0.717) is 17.9 Å². The second kappa shape index (κ2) is 8.33. The minimum absolute atomic E-state index is 0.0446. The highest BCUT2D eigenvalue weighted by Crippen LogP contribution is 2.23. The van der Waals surface area contributed by atoms with Crippen molar-refractivity contribution in [1.82, 2.24) is 4.90 Å². The standard InChI is InChI=1S/C19H24N2O4S/c1-4-12-25-17-7-5-6-16(13-17)19(22)21(3)14(2)15-8-10-18(11-9-15)26(20,23)24/h5-11,13-14H,4,12H2,1-3H3,(H2,20,23,24). The van der Waals surface area contributed by atoms with Crippen LogP contribution in [0.1, 0.15) is 42.2 Å². The van der Waals surface area contributed by atoms with Gasteiger partial charge >= 0.3 is 0 Å². The van der Waals surface area contributed by atoms with Gasteiger partial charge in [-0.25, -0.2) is 13.6 Å². The second-order valence-corrected chi connectivity index (χ2v) is 7.64. The molecule has 0 aliphatic carbocycles. The number of rotatable bonds is 7.